The Hall–Kier alpha value is -5.97. The van der Waals surface area contributed by atoms with Gasteiger partial charge in [0.2, 0.25) is 47.3 Å². The maximum atomic E-state index is 13.9. The summed E-state index contributed by atoms with van der Waals surface area (Å²) in [5, 5.41) is 29.9. The molecule has 0 aromatic heterocycles. The number of rotatable bonds is 29. The van der Waals surface area contributed by atoms with Gasteiger partial charge in [0.05, 0.1) is 6.04 Å². The summed E-state index contributed by atoms with van der Waals surface area (Å²) < 4.78 is 0. The van der Waals surface area contributed by atoms with Crippen molar-refractivity contribution in [2.75, 3.05) is 18.6 Å². The second kappa shape index (κ2) is 29.5. The van der Waals surface area contributed by atoms with E-state index >= 15 is 0 Å². The van der Waals surface area contributed by atoms with E-state index in [-0.39, 0.29) is 44.1 Å². The lowest BCUT2D eigenvalue weighted by Gasteiger charge is -2.28. The van der Waals surface area contributed by atoms with Gasteiger partial charge in [0.25, 0.3) is 0 Å². The highest BCUT2D eigenvalue weighted by molar-refractivity contribution is 7.98. The molecule has 22 nitrogen and oxygen atoms in total. The summed E-state index contributed by atoms with van der Waals surface area (Å²) in [6.07, 6.45) is 2.65. The summed E-state index contributed by atoms with van der Waals surface area (Å²) in [6.45, 7) is 12.5. The molecular weight excluding hydrogens is 877 g/mol. The van der Waals surface area contributed by atoms with Crippen LogP contribution in [0, 0.1) is 11.8 Å². The Labute approximate surface area is 391 Å². The number of hydrogen-bond donors (Lipinski definition) is 12. The minimum absolute atomic E-state index is 0.00388. The number of benzene rings is 1. The van der Waals surface area contributed by atoms with Crippen molar-refractivity contribution in [3.05, 3.63) is 35.9 Å². The number of aliphatic carboxylic acids is 1. The molecule has 0 bridgehead atoms. The van der Waals surface area contributed by atoms with Gasteiger partial charge >= 0.3 is 5.97 Å². The van der Waals surface area contributed by atoms with Crippen molar-refractivity contribution in [1.29, 1.82) is 0 Å². The average Bonchev–Trinajstić information content (AvgIpc) is 3.24. The number of carbonyl (C=O) groups is 9. The molecule has 0 saturated carbocycles. The SMILES string of the molecule is CSCC[C@H](N)C(=O)N[C@@H](C)C(=O)N[C@@H](C)C(=O)N[C@@H](CCCN=C(N)N)C(=O)N[C@@H](C)C(=O)N[C@H](C(=O)N[C@@H](Cc1ccccc1)C(=O)N[C@@H](CC(C)C)C(=O)N[C@@H](C)C(=O)O)C(C)C. The molecule has 1 aromatic rings. The van der Waals surface area contributed by atoms with E-state index in [1.807, 2.05) is 20.1 Å². The number of nitrogens with two attached hydrogens (primary N) is 3. The topological polar surface area (TPSA) is 361 Å². The number of nitrogens with one attached hydrogen (secondary N) is 8. The molecule has 1 rings (SSSR count). The van der Waals surface area contributed by atoms with Gasteiger partial charge in [-0.2, -0.15) is 11.8 Å². The number of aliphatic imine (C=N–C) groups is 1. The number of amides is 8. The zero-order chi connectivity index (χ0) is 50.3. The number of carbonyl (C=O) groups excluding carboxylic acids is 8. The lowest BCUT2D eigenvalue weighted by Crippen LogP contribution is -2.60. The fraction of sp³-hybridized carbons (Fsp3) is 0.628. The van der Waals surface area contributed by atoms with Crippen LogP contribution in [-0.2, 0) is 49.6 Å². The molecule has 0 heterocycles. The fourth-order valence-corrected chi connectivity index (χ4v) is 6.59. The van der Waals surface area contributed by atoms with Gasteiger partial charge in [-0.15, -0.1) is 0 Å². The molecule has 66 heavy (non-hydrogen) atoms. The number of carboxylic acid groups (broad SMARTS) is 1. The van der Waals surface area contributed by atoms with Gasteiger partial charge in [-0.1, -0.05) is 58.0 Å². The predicted molar refractivity (Wildman–Crippen MR) is 251 cm³/mol. The first kappa shape index (κ1) is 58.0. The summed E-state index contributed by atoms with van der Waals surface area (Å²) in [5.41, 5.74) is 17.4. The molecule has 0 unspecified atom stereocenters. The largest absolute Gasteiger partial charge is 0.480 e. The van der Waals surface area contributed by atoms with E-state index in [1.54, 1.807) is 44.2 Å². The van der Waals surface area contributed by atoms with E-state index in [2.05, 4.69) is 47.5 Å². The summed E-state index contributed by atoms with van der Waals surface area (Å²) in [6, 6.07) is -1.64. The molecule has 23 heteroatoms. The van der Waals surface area contributed by atoms with Crippen LogP contribution in [0.2, 0.25) is 0 Å². The standard InChI is InChI=1S/C43H72N12O10S/c1-22(2)20-31(39(61)51-27(8)42(64)65)53-40(62)32(21-28-14-11-10-12-15-28)54-41(63)33(23(3)4)55-36(58)26(7)50-38(60)30(16-13-18-47-43(45)46)52-35(57)25(6)48-34(56)24(5)49-37(59)29(44)17-19-66-9/h10-12,14-15,22-27,29-33H,13,16-21,44H2,1-9H3,(H,48,56)(H,49,59)(H,50,60)(H,51,61)(H,52,57)(H,53,62)(H,54,63)(H,55,58)(H,64,65)(H4,45,46,47)/t24-,25-,26-,27-,29-,30-,31-,32-,33-/m0/s1. The van der Waals surface area contributed by atoms with Gasteiger partial charge in [0.15, 0.2) is 5.96 Å². The van der Waals surface area contributed by atoms with Crippen molar-refractivity contribution >= 4 is 70.9 Å². The number of nitrogens with zero attached hydrogens (tertiary/aromatic N) is 1. The molecular formula is C43H72N12O10S. The first-order valence-corrected chi connectivity index (χ1v) is 23.3. The van der Waals surface area contributed by atoms with E-state index in [0.29, 0.717) is 17.7 Å². The lowest BCUT2D eigenvalue weighted by atomic mass is 9.99. The number of thioether (sulfide) groups is 1. The Kier molecular flexibility index (Phi) is 26.0. The molecule has 9 atom stereocenters. The Morgan fingerprint density at radius 1 is 0.591 bits per heavy atom. The van der Waals surface area contributed by atoms with Gasteiger partial charge in [-0.3, -0.25) is 48.1 Å². The van der Waals surface area contributed by atoms with Crippen molar-refractivity contribution in [3.8, 4) is 0 Å². The second-order valence-electron chi connectivity index (χ2n) is 16.8. The molecule has 370 valence electrons. The quantitative estimate of drug-likeness (QED) is 0.0238. The van der Waals surface area contributed by atoms with E-state index < -0.39 is 114 Å². The van der Waals surface area contributed by atoms with Crippen molar-refractivity contribution in [2.24, 2.45) is 34.0 Å². The smallest absolute Gasteiger partial charge is 0.325 e. The van der Waals surface area contributed by atoms with E-state index in [0.717, 1.165) is 0 Å². The summed E-state index contributed by atoms with van der Waals surface area (Å²) >= 11 is 1.52. The molecule has 0 aliphatic rings. The highest BCUT2D eigenvalue weighted by Crippen LogP contribution is 2.11. The van der Waals surface area contributed by atoms with Gasteiger partial charge < -0.3 is 64.8 Å². The minimum Gasteiger partial charge on any atom is -0.480 e. The molecule has 0 spiro atoms. The highest BCUT2D eigenvalue weighted by atomic mass is 32.2. The predicted octanol–water partition coefficient (Wildman–Crippen LogP) is -1.89. The first-order chi connectivity index (χ1) is 30.9. The minimum atomic E-state index is -1.26. The Morgan fingerprint density at radius 2 is 1.06 bits per heavy atom. The van der Waals surface area contributed by atoms with Gasteiger partial charge in [-0.05, 0) is 82.8 Å². The Bertz CT molecular complexity index is 1830. The van der Waals surface area contributed by atoms with Gasteiger partial charge in [0.1, 0.15) is 48.3 Å². The molecule has 0 saturated heterocycles. The average molecular weight is 949 g/mol. The van der Waals surface area contributed by atoms with Crippen LogP contribution in [0.3, 0.4) is 0 Å². The van der Waals surface area contributed by atoms with Crippen LogP contribution in [0.4, 0.5) is 0 Å². The van der Waals surface area contributed by atoms with Crippen LogP contribution in [-0.4, -0.2) is 137 Å². The van der Waals surface area contributed by atoms with Crippen LogP contribution < -0.4 is 59.7 Å². The maximum absolute atomic E-state index is 13.9. The molecule has 0 radical (unpaired) electrons. The number of hydrogen-bond acceptors (Lipinski definition) is 12. The van der Waals surface area contributed by atoms with Gasteiger partial charge in [0, 0.05) is 13.0 Å². The van der Waals surface area contributed by atoms with Crippen molar-refractivity contribution < 1.29 is 48.3 Å². The summed E-state index contributed by atoms with van der Waals surface area (Å²) in [5.74, 6) is -7.14. The van der Waals surface area contributed by atoms with Gasteiger partial charge in [-0.25, -0.2) is 0 Å². The third kappa shape index (κ3) is 21.8. The maximum Gasteiger partial charge on any atom is 0.325 e. The lowest BCUT2D eigenvalue weighted by molar-refractivity contribution is -0.142. The zero-order valence-electron chi connectivity index (χ0n) is 39.4. The highest BCUT2D eigenvalue weighted by Gasteiger charge is 2.34. The van der Waals surface area contributed by atoms with Crippen molar-refractivity contribution in [2.45, 2.75) is 142 Å². The van der Waals surface area contributed by atoms with Crippen LogP contribution in [0.1, 0.15) is 86.6 Å². The normalized spacial score (nSPS) is 15.2. The molecule has 1 aromatic carbocycles. The zero-order valence-corrected chi connectivity index (χ0v) is 40.2. The first-order valence-electron chi connectivity index (χ1n) is 21.9. The molecule has 0 aliphatic heterocycles. The van der Waals surface area contributed by atoms with Crippen LogP contribution in [0.15, 0.2) is 35.3 Å². The Balaban J connectivity index is 3.21. The van der Waals surface area contributed by atoms with Crippen molar-refractivity contribution in [3.63, 3.8) is 0 Å². The second-order valence-corrected chi connectivity index (χ2v) is 17.8. The van der Waals surface area contributed by atoms with Crippen LogP contribution >= 0.6 is 11.8 Å². The molecule has 0 aliphatic carbocycles. The fourth-order valence-electron chi connectivity index (χ4n) is 6.10. The Morgan fingerprint density at radius 3 is 1.59 bits per heavy atom. The van der Waals surface area contributed by atoms with E-state index in [1.165, 1.54) is 39.5 Å². The van der Waals surface area contributed by atoms with Crippen LogP contribution in [0.5, 0.6) is 0 Å². The molecule has 0 fully saturated rings. The third-order valence-electron chi connectivity index (χ3n) is 10.0. The van der Waals surface area contributed by atoms with E-state index in [4.69, 9.17) is 17.2 Å². The van der Waals surface area contributed by atoms with Crippen molar-refractivity contribution in [1.82, 2.24) is 42.5 Å². The number of carboxylic acids is 1. The van der Waals surface area contributed by atoms with Crippen LogP contribution in [0.25, 0.3) is 0 Å². The molecule has 8 amide bonds. The third-order valence-corrected chi connectivity index (χ3v) is 10.7. The summed E-state index contributed by atoms with van der Waals surface area (Å²) in [4.78, 5) is 122. The van der Waals surface area contributed by atoms with E-state index in [9.17, 15) is 48.3 Å². The number of guanidine groups is 1. The summed E-state index contributed by atoms with van der Waals surface area (Å²) in [7, 11) is 0. The molecule has 15 N–H and O–H groups in total. The monoisotopic (exact) mass is 949 g/mol.